The summed E-state index contributed by atoms with van der Waals surface area (Å²) < 4.78 is 13.5. The summed E-state index contributed by atoms with van der Waals surface area (Å²) in [4.78, 5) is 10.3. The van der Waals surface area contributed by atoms with Gasteiger partial charge in [0.25, 0.3) is 0 Å². The molecule has 0 radical (unpaired) electrons. The lowest BCUT2D eigenvalue weighted by molar-refractivity contribution is -0.137. The predicted octanol–water partition coefficient (Wildman–Crippen LogP) is 6.41. The Balaban J connectivity index is 3.30. The molecule has 3 heteroatoms. The standard InChI is InChI=1S/C18H33FO2/c1-2-3-4-5-6-8-11-14-17(19)15-12-9-7-10-13-16-18(20)21/h14H,2-13,15-16H2,1H3,(H,20,21)/b17-14+. The van der Waals surface area contributed by atoms with Gasteiger partial charge in [0.05, 0.1) is 5.83 Å². The molecule has 2 nitrogen and oxygen atoms in total. The highest BCUT2D eigenvalue weighted by Crippen LogP contribution is 2.15. The first kappa shape index (κ1) is 20.1. The van der Waals surface area contributed by atoms with Gasteiger partial charge in [-0.1, -0.05) is 64.4 Å². The van der Waals surface area contributed by atoms with Crippen molar-refractivity contribution in [2.45, 2.75) is 96.8 Å². The van der Waals surface area contributed by atoms with Crippen molar-refractivity contribution in [1.29, 1.82) is 0 Å². The van der Waals surface area contributed by atoms with Crippen LogP contribution in [0.1, 0.15) is 96.8 Å². The Labute approximate surface area is 129 Å². The zero-order valence-electron chi connectivity index (χ0n) is 13.7. The second-order valence-electron chi connectivity index (χ2n) is 5.87. The van der Waals surface area contributed by atoms with Crippen LogP contribution in [0.4, 0.5) is 4.39 Å². The number of aliphatic carboxylic acids is 1. The highest BCUT2D eigenvalue weighted by molar-refractivity contribution is 5.66. The zero-order chi connectivity index (χ0) is 15.8. The first-order valence-electron chi connectivity index (χ1n) is 8.73. The normalized spacial score (nSPS) is 11.8. The van der Waals surface area contributed by atoms with Crippen molar-refractivity contribution < 1.29 is 14.3 Å². The molecule has 0 aromatic heterocycles. The molecule has 124 valence electrons. The predicted molar refractivity (Wildman–Crippen MR) is 87.1 cm³/mol. The van der Waals surface area contributed by atoms with Crippen molar-refractivity contribution in [3.63, 3.8) is 0 Å². The molecule has 0 atom stereocenters. The number of unbranched alkanes of at least 4 members (excludes halogenated alkanes) is 10. The quantitative estimate of drug-likeness (QED) is 0.355. The molecule has 0 aromatic carbocycles. The Morgan fingerprint density at radius 2 is 1.38 bits per heavy atom. The molecule has 0 saturated carbocycles. The summed E-state index contributed by atoms with van der Waals surface area (Å²) in [6.45, 7) is 2.21. The minimum atomic E-state index is -0.723. The van der Waals surface area contributed by atoms with E-state index in [2.05, 4.69) is 6.92 Å². The maximum atomic E-state index is 13.5. The topological polar surface area (TPSA) is 37.3 Å². The molecule has 0 amide bonds. The number of rotatable bonds is 15. The van der Waals surface area contributed by atoms with E-state index in [1.165, 1.54) is 32.1 Å². The van der Waals surface area contributed by atoms with E-state index in [-0.39, 0.29) is 12.2 Å². The highest BCUT2D eigenvalue weighted by atomic mass is 19.1. The molecule has 0 aromatic rings. The SMILES string of the molecule is CCCCCCCC/C=C(/F)CCCCCCCC(=O)O. The largest absolute Gasteiger partial charge is 0.481 e. The number of hydrogen-bond acceptors (Lipinski definition) is 1. The molecule has 0 heterocycles. The first-order chi connectivity index (χ1) is 10.2. The molecular formula is C18H33FO2. The van der Waals surface area contributed by atoms with Gasteiger partial charge in [0.2, 0.25) is 0 Å². The fourth-order valence-electron chi connectivity index (χ4n) is 2.39. The zero-order valence-corrected chi connectivity index (χ0v) is 13.7. The van der Waals surface area contributed by atoms with Gasteiger partial charge in [0.1, 0.15) is 0 Å². The molecular weight excluding hydrogens is 267 g/mol. The Morgan fingerprint density at radius 1 is 0.857 bits per heavy atom. The smallest absolute Gasteiger partial charge is 0.303 e. The van der Waals surface area contributed by atoms with Crippen LogP contribution in [0, 0.1) is 0 Å². The third-order valence-electron chi connectivity index (χ3n) is 3.73. The Morgan fingerprint density at radius 3 is 2.00 bits per heavy atom. The average Bonchev–Trinajstić information content (AvgIpc) is 2.45. The van der Waals surface area contributed by atoms with Crippen LogP contribution in [0.5, 0.6) is 0 Å². The van der Waals surface area contributed by atoms with Crippen LogP contribution in [0.3, 0.4) is 0 Å². The molecule has 0 saturated heterocycles. The van der Waals surface area contributed by atoms with E-state index in [1.807, 2.05) is 0 Å². The molecule has 0 aliphatic carbocycles. The molecule has 21 heavy (non-hydrogen) atoms. The summed E-state index contributed by atoms with van der Waals surface area (Å²) >= 11 is 0. The first-order valence-corrected chi connectivity index (χ1v) is 8.73. The highest BCUT2D eigenvalue weighted by Gasteiger charge is 1.98. The average molecular weight is 300 g/mol. The van der Waals surface area contributed by atoms with Crippen molar-refractivity contribution in [2.24, 2.45) is 0 Å². The Kier molecular flexibility index (Phi) is 14.9. The van der Waals surface area contributed by atoms with Gasteiger partial charge >= 0.3 is 5.97 Å². The lowest BCUT2D eigenvalue weighted by Crippen LogP contribution is -1.93. The number of carbonyl (C=O) groups is 1. The summed E-state index contributed by atoms with van der Waals surface area (Å²) in [6.07, 6.45) is 15.5. The second-order valence-corrected chi connectivity index (χ2v) is 5.87. The van der Waals surface area contributed by atoms with Gasteiger partial charge < -0.3 is 5.11 Å². The van der Waals surface area contributed by atoms with Crippen molar-refractivity contribution in [3.8, 4) is 0 Å². The van der Waals surface area contributed by atoms with Crippen molar-refractivity contribution in [1.82, 2.24) is 0 Å². The minimum Gasteiger partial charge on any atom is -0.481 e. The van der Waals surface area contributed by atoms with Gasteiger partial charge in [-0.3, -0.25) is 4.79 Å². The number of halogens is 1. The Hall–Kier alpha value is -0.860. The molecule has 0 aliphatic heterocycles. The minimum absolute atomic E-state index is 0.0362. The molecule has 0 rings (SSSR count). The van der Waals surface area contributed by atoms with Gasteiger partial charge in [-0.15, -0.1) is 0 Å². The monoisotopic (exact) mass is 300 g/mol. The molecule has 0 bridgehead atoms. The summed E-state index contributed by atoms with van der Waals surface area (Å²) in [5.74, 6) is -0.687. The molecule has 0 aliphatic rings. The van der Waals surface area contributed by atoms with Crippen LogP contribution in [0.2, 0.25) is 0 Å². The van der Waals surface area contributed by atoms with E-state index in [0.29, 0.717) is 6.42 Å². The third kappa shape index (κ3) is 17.1. The molecule has 0 spiro atoms. The van der Waals surface area contributed by atoms with Crippen LogP contribution in [0.15, 0.2) is 11.9 Å². The number of carboxylic acid groups (broad SMARTS) is 1. The maximum Gasteiger partial charge on any atom is 0.303 e. The van der Waals surface area contributed by atoms with Crippen LogP contribution in [-0.4, -0.2) is 11.1 Å². The van der Waals surface area contributed by atoms with Gasteiger partial charge in [-0.25, -0.2) is 4.39 Å². The molecule has 0 fully saturated rings. The Bertz CT molecular complexity index is 274. The van der Waals surface area contributed by atoms with E-state index in [4.69, 9.17) is 5.11 Å². The summed E-state index contributed by atoms with van der Waals surface area (Å²) in [7, 11) is 0. The van der Waals surface area contributed by atoms with Crippen molar-refractivity contribution in [2.75, 3.05) is 0 Å². The summed E-state index contributed by atoms with van der Waals surface area (Å²) in [5.41, 5.74) is 0. The van der Waals surface area contributed by atoms with E-state index in [0.717, 1.165) is 44.9 Å². The van der Waals surface area contributed by atoms with Gasteiger partial charge in [-0.2, -0.15) is 0 Å². The third-order valence-corrected chi connectivity index (χ3v) is 3.73. The number of hydrogen-bond donors (Lipinski definition) is 1. The van der Waals surface area contributed by atoms with Gasteiger partial charge in [0.15, 0.2) is 0 Å². The summed E-state index contributed by atoms with van der Waals surface area (Å²) in [5, 5.41) is 8.49. The van der Waals surface area contributed by atoms with E-state index in [1.54, 1.807) is 6.08 Å². The van der Waals surface area contributed by atoms with E-state index in [9.17, 15) is 9.18 Å². The number of allylic oxidation sites excluding steroid dienone is 2. The fourth-order valence-corrected chi connectivity index (χ4v) is 2.39. The lowest BCUT2D eigenvalue weighted by Gasteiger charge is -2.01. The van der Waals surface area contributed by atoms with Crippen LogP contribution in [-0.2, 0) is 4.79 Å². The van der Waals surface area contributed by atoms with E-state index >= 15 is 0 Å². The van der Waals surface area contributed by atoms with Crippen LogP contribution >= 0.6 is 0 Å². The van der Waals surface area contributed by atoms with Gasteiger partial charge in [-0.05, 0) is 32.1 Å². The van der Waals surface area contributed by atoms with Gasteiger partial charge in [0, 0.05) is 6.42 Å². The van der Waals surface area contributed by atoms with Crippen molar-refractivity contribution >= 4 is 5.97 Å². The van der Waals surface area contributed by atoms with E-state index < -0.39 is 5.97 Å². The molecule has 0 unspecified atom stereocenters. The summed E-state index contributed by atoms with van der Waals surface area (Å²) in [6, 6.07) is 0. The fraction of sp³-hybridized carbons (Fsp3) is 0.833. The molecule has 1 N–H and O–H groups in total. The van der Waals surface area contributed by atoms with Crippen LogP contribution < -0.4 is 0 Å². The maximum absolute atomic E-state index is 13.5. The lowest BCUT2D eigenvalue weighted by atomic mass is 10.1. The van der Waals surface area contributed by atoms with Crippen LogP contribution in [0.25, 0.3) is 0 Å². The second kappa shape index (κ2) is 15.5. The van der Waals surface area contributed by atoms with Crippen molar-refractivity contribution in [3.05, 3.63) is 11.9 Å². The number of carboxylic acids is 1.